The monoisotopic (exact) mass is 372 g/mol. The molecule has 2 heterocycles. The van der Waals surface area contributed by atoms with Gasteiger partial charge in [-0.25, -0.2) is 15.2 Å². The van der Waals surface area contributed by atoms with Crippen molar-refractivity contribution < 1.29 is 14.3 Å². The lowest BCUT2D eigenvalue weighted by atomic mass is 10.1. The third-order valence-electron chi connectivity index (χ3n) is 4.39. The number of carbonyl (C=O) groups is 2. The third kappa shape index (κ3) is 3.86. The number of hydrazone groups is 1. The Morgan fingerprint density at radius 3 is 2.70 bits per heavy atom. The second-order valence-electron chi connectivity index (χ2n) is 6.28. The molecule has 1 saturated heterocycles. The number of fused-ring (bicyclic) bond motifs is 1. The summed E-state index contributed by atoms with van der Waals surface area (Å²) >= 11 is 0. The van der Waals surface area contributed by atoms with Gasteiger partial charge in [-0.2, -0.15) is 5.10 Å². The van der Waals surface area contributed by atoms with E-state index in [-0.39, 0.29) is 5.91 Å². The Morgan fingerprint density at radius 2 is 2.04 bits per heavy atom. The average molecular weight is 372 g/mol. The summed E-state index contributed by atoms with van der Waals surface area (Å²) < 4.78 is 5.41. The van der Waals surface area contributed by atoms with Gasteiger partial charge < -0.3 is 14.5 Å². The molecule has 2 aliphatic heterocycles. The molecule has 144 valence electrons. The molecule has 0 saturated carbocycles. The van der Waals surface area contributed by atoms with Crippen molar-refractivity contribution in [2.45, 2.75) is 32.5 Å². The maximum absolute atomic E-state index is 12.3. The van der Waals surface area contributed by atoms with E-state index in [9.17, 15) is 9.59 Å². The molecular formula is C18H24N6O3. The van der Waals surface area contributed by atoms with Crippen LogP contribution in [-0.2, 0) is 4.79 Å². The predicted octanol–water partition coefficient (Wildman–Crippen LogP) is 0.967. The first-order valence-corrected chi connectivity index (χ1v) is 8.99. The highest BCUT2D eigenvalue weighted by atomic mass is 16.5. The number of hydrogen-bond acceptors (Lipinski definition) is 7. The van der Waals surface area contributed by atoms with Crippen LogP contribution in [-0.4, -0.2) is 66.3 Å². The van der Waals surface area contributed by atoms with Crippen LogP contribution in [0.15, 0.2) is 34.4 Å². The number of hydrogen-bond donors (Lipinski definition) is 2. The summed E-state index contributed by atoms with van der Waals surface area (Å²) in [6, 6.07) is 6.56. The lowest BCUT2D eigenvalue weighted by Crippen LogP contribution is -2.64. The van der Waals surface area contributed by atoms with E-state index in [1.807, 2.05) is 43.0 Å². The van der Waals surface area contributed by atoms with E-state index in [2.05, 4.69) is 20.8 Å². The zero-order valence-corrected chi connectivity index (χ0v) is 15.7. The van der Waals surface area contributed by atoms with Crippen LogP contribution in [0.3, 0.4) is 0 Å². The smallest absolute Gasteiger partial charge is 0.325 e. The van der Waals surface area contributed by atoms with Crippen LogP contribution >= 0.6 is 0 Å². The fourth-order valence-corrected chi connectivity index (χ4v) is 3.09. The molecule has 0 aliphatic carbocycles. The summed E-state index contributed by atoms with van der Waals surface area (Å²) in [4.78, 5) is 31.9. The molecule has 9 heteroatoms. The van der Waals surface area contributed by atoms with Gasteiger partial charge in [-0.05, 0) is 43.2 Å². The maximum atomic E-state index is 12.3. The van der Waals surface area contributed by atoms with Crippen LogP contribution in [0.25, 0.3) is 0 Å². The molecule has 2 aliphatic rings. The molecule has 0 spiro atoms. The van der Waals surface area contributed by atoms with Crippen LogP contribution in [0.5, 0.6) is 5.75 Å². The number of imide groups is 1. The Balaban J connectivity index is 1.72. The number of amides is 3. The SMILES string of the molecule is CCCN1C(N/N=C/c2ccc(OCC)cc2)=NC2C1C(=O)NC(=O)N2C. The Morgan fingerprint density at radius 1 is 1.30 bits per heavy atom. The number of guanidine groups is 1. The second-order valence-corrected chi connectivity index (χ2v) is 6.28. The van der Waals surface area contributed by atoms with Crippen molar-refractivity contribution in [2.75, 3.05) is 20.2 Å². The van der Waals surface area contributed by atoms with Gasteiger partial charge in [0, 0.05) is 13.6 Å². The number of rotatable bonds is 6. The minimum absolute atomic E-state index is 0.340. The van der Waals surface area contributed by atoms with Crippen LogP contribution < -0.4 is 15.5 Å². The van der Waals surface area contributed by atoms with Gasteiger partial charge in [0.1, 0.15) is 5.75 Å². The van der Waals surface area contributed by atoms with E-state index < -0.39 is 18.2 Å². The molecular weight excluding hydrogens is 348 g/mol. The number of carbonyl (C=O) groups excluding carboxylic acids is 2. The molecule has 0 aromatic heterocycles. The molecule has 27 heavy (non-hydrogen) atoms. The lowest BCUT2D eigenvalue weighted by Gasteiger charge is -2.35. The van der Waals surface area contributed by atoms with Gasteiger partial charge in [0.2, 0.25) is 5.96 Å². The molecule has 2 unspecified atom stereocenters. The van der Waals surface area contributed by atoms with E-state index in [0.29, 0.717) is 19.1 Å². The number of likely N-dealkylation sites (N-methyl/N-ethyl adjacent to an activating group) is 1. The number of nitrogens with one attached hydrogen (secondary N) is 2. The topological polar surface area (TPSA) is 98.6 Å². The molecule has 3 amide bonds. The quantitative estimate of drug-likeness (QED) is 0.573. The normalized spacial score (nSPS) is 22.0. The molecule has 9 nitrogen and oxygen atoms in total. The number of nitrogens with zero attached hydrogens (tertiary/aromatic N) is 4. The predicted molar refractivity (Wildman–Crippen MR) is 102 cm³/mol. The third-order valence-corrected chi connectivity index (χ3v) is 4.39. The summed E-state index contributed by atoms with van der Waals surface area (Å²) in [5.74, 6) is 0.943. The molecule has 2 atom stereocenters. The maximum Gasteiger partial charge on any atom is 0.325 e. The van der Waals surface area contributed by atoms with Crippen LogP contribution in [0, 0.1) is 0 Å². The van der Waals surface area contributed by atoms with Crippen molar-refractivity contribution in [3.05, 3.63) is 29.8 Å². The van der Waals surface area contributed by atoms with Gasteiger partial charge in [-0.3, -0.25) is 10.1 Å². The van der Waals surface area contributed by atoms with Gasteiger partial charge in [-0.1, -0.05) is 6.92 Å². The number of aliphatic imine (C=N–C) groups is 1. The van der Waals surface area contributed by atoms with Gasteiger partial charge in [0.05, 0.1) is 12.8 Å². The number of ether oxygens (including phenoxy) is 1. The molecule has 1 aromatic carbocycles. The summed E-state index contributed by atoms with van der Waals surface area (Å²) in [6.07, 6.45) is 1.94. The van der Waals surface area contributed by atoms with Crippen molar-refractivity contribution in [1.29, 1.82) is 0 Å². The first kappa shape index (κ1) is 18.7. The summed E-state index contributed by atoms with van der Waals surface area (Å²) in [6.45, 7) is 5.20. The van der Waals surface area contributed by atoms with E-state index >= 15 is 0 Å². The summed E-state index contributed by atoms with van der Waals surface area (Å²) in [5, 5.41) is 6.60. The van der Waals surface area contributed by atoms with Crippen molar-refractivity contribution in [2.24, 2.45) is 10.1 Å². The van der Waals surface area contributed by atoms with E-state index in [1.54, 1.807) is 13.3 Å². The van der Waals surface area contributed by atoms with Gasteiger partial charge in [-0.15, -0.1) is 0 Å². The standard InChI is InChI=1S/C18H24N6O3/c1-4-10-24-14-15(23(3)18(26)21-16(14)25)20-17(24)22-19-11-12-6-8-13(9-7-12)27-5-2/h6-9,11,14-15H,4-5,10H2,1-3H3,(H,20,22)(H,21,25,26)/b19-11+. The molecule has 0 bridgehead atoms. The van der Waals surface area contributed by atoms with Gasteiger partial charge in [0.25, 0.3) is 5.91 Å². The molecule has 0 radical (unpaired) electrons. The van der Waals surface area contributed by atoms with Crippen molar-refractivity contribution >= 4 is 24.1 Å². The minimum atomic E-state index is -0.555. The number of urea groups is 1. The van der Waals surface area contributed by atoms with Crippen molar-refractivity contribution in [3.8, 4) is 5.75 Å². The molecule has 2 N–H and O–H groups in total. The fourth-order valence-electron chi connectivity index (χ4n) is 3.09. The largest absolute Gasteiger partial charge is 0.494 e. The van der Waals surface area contributed by atoms with Gasteiger partial charge in [0.15, 0.2) is 12.2 Å². The van der Waals surface area contributed by atoms with Crippen LogP contribution in [0.2, 0.25) is 0 Å². The highest BCUT2D eigenvalue weighted by Gasteiger charge is 2.48. The Labute approximate surface area is 158 Å². The van der Waals surface area contributed by atoms with E-state index in [4.69, 9.17) is 4.74 Å². The van der Waals surface area contributed by atoms with Crippen molar-refractivity contribution in [3.63, 3.8) is 0 Å². The molecule has 1 fully saturated rings. The number of benzene rings is 1. The first-order chi connectivity index (χ1) is 13.0. The molecule has 1 aromatic rings. The summed E-state index contributed by atoms with van der Waals surface area (Å²) in [5.41, 5.74) is 3.81. The highest BCUT2D eigenvalue weighted by Crippen LogP contribution is 2.23. The Kier molecular flexibility index (Phi) is 5.58. The first-order valence-electron chi connectivity index (χ1n) is 8.99. The van der Waals surface area contributed by atoms with Crippen LogP contribution in [0.1, 0.15) is 25.8 Å². The Hall–Kier alpha value is -3.10. The van der Waals surface area contributed by atoms with Gasteiger partial charge >= 0.3 is 6.03 Å². The zero-order chi connectivity index (χ0) is 19.4. The Bertz CT molecular complexity index is 761. The minimum Gasteiger partial charge on any atom is -0.494 e. The zero-order valence-electron chi connectivity index (χ0n) is 15.7. The lowest BCUT2D eigenvalue weighted by molar-refractivity contribution is -0.127. The van der Waals surface area contributed by atoms with Crippen molar-refractivity contribution in [1.82, 2.24) is 20.5 Å². The van der Waals surface area contributed by atoms with E-state index in [1.165, 1.54) is 4.90 Å². The molecule has 3 rings (SSSR count). The summed E-state index contributed by atoms with van der Waals surface area (Å²) in [7, 11) is 1.62. The average Bonchev–Trinajstić information content (AvgIpc) is 3.01. The van der Waals surface area contributed by atoms with Crippen LogP contribution in [0.4, 0.5) is 4.79 Å². The fraction of sp³-hybridized carbons (Fsp3) is 0.444. The van der Waals surface area contributed by atoms with E-state index in [0.717, 1.165) is 17.7 Å². The second kappa shape index (κ2) is 8.07. The highest BCUT2D eigenvalue weighted by molar-refractivity contribution is 6.03.